The van der Waals surface area contributed by atoms with Gasteiger partial charge in [-0.05, 0) is 67.3 Å². The molecule has 0 spiro atoms. The van der Waals surface area contributed by atoms with E-state index in [4.69, 9.17) is 9.47 Å². The summed E-state index contributed by atoms with van der Waals surface area (Å²) >= 11 is 1.42. The molecule has 3 aromatic carbocycles. The molecule has 0 saturated carbocycles. The fraction of sp³-hybridized carbons (Fsp3) is 0.161. The van der Waals surface area contributed by atoms with E-state index in [0.29, 0.717) is 29.4 Å². The van der Waals surface area contributed by atoms with Crippen LogP contribution in [0.3, 0.4) is 0 Å². The Hall–Kier alpha value is -4.36. The zero-order valence-electron chi connectivity index (χ0n) is 21.0. The minimum Gasteiger partial charge on any atom is -0.507 e. The number of Topliss-reactive ketones (excluding diaryl/α,β-unsaturated/α-hetero) is 1. The first-order chi connectivity index (χ1) is 18.4. The summed E-state index contributed by atoms with van der Waals surface area (Å²) in [5, 5.41) is 13.2. The summed E-state index contributed by atoms with van der Waals surface area (Å²) in [6.45, 7) is 4.24. The lowest BCUT2D eigenvalue weighted by Gasteiger charge is -2.24. The van der Waals surface area contributed by atoms with Gasteiger partial charge in [0, 0.05) is 16.1 Å². The number of thiophene rings is 1. The monoisotopic (exact) mass is 525 g/mol. The average Bonchev–Trinajstić information content (AvgIpc) is 3.54. The molecule has 192 valence electrons. The van der Waals surface area contributed by atoms with Gasteiger partial charge in [0.2, 0.25) is 0 Å². The Kier molecular flexibility index (Phi) is 7.29. The molecule has 1 N–H and O–H groups in total. The standard InChI is InChI=1S/C31H27NO5S/c1-20(2)37-25-11-6-10-22(18-25)29(33)27-28(26-12-7-17-38-26)32(31(35)30(27)34)23-13-15-24(16-14-23)36-19-21-8-4-3-5-9-21/h3-18,20,28,33H,19H2,1-2H3/b29-27-. The molecule has 0 aliphatic carbocycles. The zero-order valence-corrected chi connectivity index (χ0v) is 21.9. The van der Waals surface area contributed by atoms with E-state index in [1.165, 1.54) is 16.2 Å². The number of carbonyl (C=O) groups excluding carboxylic acids is 2. The maximum absolute atomic E-state index is 13.3. The van der Waals surface area contributed by atoms with Crippen molar-refractivity contribution in [2.45, 2.75) is 32.6 Å². The molecule has 38 heavy (non-hydrogen) atoms. The topological polar surface area (TPSA) is 76.1 Å². The Morgan fingerprint density at radius 3 is 2.37 bits per heavy atom. The highest BCUT2D eigenvalue weighted by molar-refractivity contribution is 7.10. The molecule has 0 radical (unpaired) electrons. The highest BCUT2D eigenvalue weighted by Gasteiger charge is 2.47. The third kappa shape index (κ3) is 5.19. The van der Waals surface area contributed by atoms with Gasteiger partial charge < -0.3 is 14.6 Å². The fourth-order valence-electron chi connectivity index (χ4n) is 4.40. The van der Waals surface area contributed by atoms with Crippen LogP contribution in [0.5, 0.6) is 11.5 Å². The van der Waals surface area contributed by atoms with E-state index < -0.39 is 17.7 Å². The number of hydrogen-bond acceptors (Lipinski definition) is 6. The van der Waals surface area contributed by atoms with Crippen LogP contribution in [0.1, 0.15) is 35.9 Å². The number of nitrogens with zero attached hydrogens (tertiary/aromatic N) is 1. The first-order valence-electron chi connectivity index (χ1n) is 12.3. The summed E-state index contributed by atoms with van der Waals surface area (Å²) in [5.41, 5.74) is 2.03. The van der Waals surface area contributed by atoms with Gasteiger partial charge in [-0.25, -0.2) is 0 Å². The molecule has 1 fully saturated rings. The second kappa shape index (κ2) is 10.9. The number of benzene rings is 3. The van der Waals surface area contributed by atoms with Crippen LogP contribution in [0.15, 0.2) is 102 Å². The van der Waals surface area contributed by atoms with Crippen molar-refractivity contribution in [1.29, 1.82) is 0 Å². The lowest BCUT2D eigenvalue weighted by Crippen LogP contribution is -2.29. The van der Waals surface area contributed by atoms with Gasteiger partial charge in [0.25, 0.3) is 11.7 Å². The number of aliphatic hydroxyl groups is 1. The predicted octanol–water partition coefficient (Wildman–Crippen LogP) is 6.74. The van der Waals surface area contributed by atoms with Crippen molar-refractivity contribution in [3.8, 4) is 11.5 Å². The lowest BCUT2D eigenvalue weighted by atomic mass is 9.99. The number of hydrogen-bond donors (Lipinski definition) is 1. The molecule has 0 bridgehead atoms. The lowest BCUT2D eigenvalue weighted by molar-refractivity contribution is -0.132. The highest BCUT2D eigenvalue weighted by Crippen LogP contribution is 2.44. The number of rotatable bonds is 8. The number of amides is 1. The normalized spacial score (nSPS) is 16.7. The Morgan fingerprint density at radius 2 is 1.68 bits per heavy atom. The van der Waals surface area contributed by atoms with Crippen molar-refractivity contribution in [3.63, 3.8) is 0 Å². The molecule has 1 unspecified atom stereocenters. The van der Waals surface area contributed by atoms with Crippen molar-refractivity contribution >= 4 is 34.5 Å². The Morgan fingerprint density at radius 1 is 0.921 bits per heavy atom. The van der Waals surface area contributed by atoms with Crippen molar-refractivity contribution < 1.29 is 24.2 Å². The van der Waals surface area contributed by atoms with Gasteiger partial charge in [0.05, 0.1) is 11.7 Å². The van der Waals surface area contributed by atoms with E-state index in [1.807, 2.05) is 61.7 Å². The van der Waals surface area contributed by atoms with Crippen molar-refractivity contribution in [2.24, 2.45) is 0 Å². The second-order valence-corrected chi connectivity index (χ2v) is 10.1. The van der Waals surface area contributed by atoms with E-state index in [1.54, 1.807) is 48.5 Å². The van der Waals surface area contributed by atoms with Crippen LogP contribution in [-0.4, -0.2) is 22.9 Å². The van der Waals surface area contributed by atoms with Crippen LogP contribution in [0, 0.1) is 0 Å². The summed E-state index contributed by atoms with van der Waals surface area (Å²) in [5.74, 6) is -0.458. The third-order valence-electron chi connectivity index (χ3n) is 6.10. The van der Waals surface area contributed by atoms with Crippen molar-refractivity contribution in [1.82, 2.24) is 0 Å². The van der Waals surface area contributed by atoms with Gasteiger partial charge in [0.15, 0.2) is 0 Å². The SMILES string of the molecule is CC(C)Oc1cccc(/C(O)=C2/C(=O)C(=O)N(c3ccc(OCc4ccccc4)cc3)C2c2cccs2)c1. The molecule has 4 aromatic rings. The maximum Gasteiger partial charge on any atom is 0.300 e. The van der Waals surface area contributed by atoms with Crippen LogP contribution < -0.4 is 14.4 Å². The van der Waals surface area contributed by atoms with Gasteiger partial charge in [-0.3, -0.25) is 14.5 Å². The van der Waals surface area contributed by atoms with Gasteiger partial charge in [-0.2, -0.15) is 0 Å². The Balaban J connectivity index is 1.49. The Bertz CT molecular complexity index is 1460. The average molecular weight is 526 g/mol. The van der Waals surface area contributed by atoms with Crippen LogP contribution in [0.4, 0.5) is 5.69 Å². The van der Waals surface area contributed by atoms with Crippen LogP contribution in [-0.2, 0) is 16.2 Å². The molecule has 7 heteroatoms. The molecular formula is C31H27NO5S. The van der Waals surface area contributed by atoms with E-state index in [-0.39, 0.29) is 17.4 Å². The van der Waals surface area contributed by atoms with Gasteiger partial charge >= 0.3 is 0 Å². The maximum atomic E-state index is 13.3. The molecule has 6 nitrogen and oxygen atoms in total. The molecule has 2 heterocycles. The number of aliphatic hydroxyl groups excluding tert-OH is 1. The van der Waals surface area contributed by atoms with Crippen LogP contribution in [0.2, 0.25) is 0 Å². The fourth-order valence-corrected chi connectivity index (χ4v) is 5.23. The summed E-state index contributed by atoms with van der Waals surface area (Å²) in [6.07, 6.45) is -0.0521. The first kappa shape index (κ1) is 25.3. The van der Waals surface area contributed by atoms with Crippen LogP contribution in [0.25, 0.3) is 5.76 Å². The molecular weight excluding hydrogens is 498 g/mol. The summed E-state index contributed by atoms with van der Waals surface area (Å²) in [6, 6.07) is 26.7. The van der Waals surface area contributed by atoms with Gasteiger partial charge in [-0.15, -0.1) is 11.3 Å². The summed E-state index contributed by atoms with van der Waals surface area (Å²) < 4.78 is 11.6. The first-order valence-corrected chi connectivity index (χ1v) is 13.2. The summed E-state index contributed by atoms with van der Waals surface area (Å²) in [4.78, 5) is 28.9. The number of ketones is 1. The third-order valence-corrected chi connectivity index (χ3v) is 7.02. The smallest absolute Gasteiger partial charge is 0.300 e. The largest absolute Gasteiger partial charge is 0.507 e. The molecule has 1 saturated heterocycles. The van der Waals surface area contributed by atoms with Gasteiger partial charge in [-0.1, -0.05) is 48.5 Å². The van der Waals surface area contributed by atoms with E-state index >= 15 is 0 Å². The molecule has 5 rings (SSSR count). The quantitative estimate of drug-likeness (QED) is 0.157. The van der Waals surface area contributed by atoms with E-state index in [2.05, 4.69) is 0 Å². The number of anilines is 1. The highest BCUT2D eigenvalue weighted by atomic mass is 32.1. The van der Waals surface area contributed by atoms with Crippen molar-refractivity contribution in [3.05, 3.63) is 118 Å². The molecule has 1 aliphatic rings. The number of ether oxygens (including phenoxy) is 2. The van der Waals surface area contributed by atoms with E-state index in [9.17, 15) is 14.7 Å². The summed E-state index contributed by atoms with van der Waals surface area (Å²) in [7, 11) is 0. The minimum absolute atomic E-state index is 0.0450. The zero-order chi connectivity index (χ0) is 26.6. The predicted molar refractivity (Wildman–Crippen MR) is 149 cm³/mol. The molecule has 1 aromatic heterocycles. The van der Waals surface area contributed by atoms with E-state index in [0.717, 1.165) is 10.4 Å². The van der Waals surface area contributed by atoms with Gasteiger partial charge in [0.1, 0.15) is 29.9 Å². The molecule has 1 atom stereocenters. The molecule has 1 amide bonds. The minimum atomic E-state index is -0.763. The molecule has 1 aliphatic heterocycles. The second-order valence-electron chi connectivity index (χ2n) is 9.15. The van der Waals surface area contributed by atoms with Crippen molar-refractivity contribution in [2.75, 3.05) is 4.90 Å². The Labute approximate surface area is 225 Å². The van der Waals surface area contributed by atoms with Crippen LogP contribution >= 0.6 is 11.3 Å². The number of carbonyl (C=O) groups is 2.